The van der Waals surface area contributed by atoms with Crippen LogP contribution in [0.15, 0.2) is 188 Å². The molecule has 50 heavy (non-hydrogen) atoms. The van der Waals surface area contributed by atoms with E-state index in [9.17, 15) is 0 Å². The maximum atomic E-state index is 2.38. The van der Waals surface area contributed by atoms with E-state index in [-0.39, 0.29) is 5.41 Å². The van der Waals surface area contributed by atoms with Gasteiger partial charge in [-0.1, -0.05) is 159 Å². The van der Waals surface area contributed by atoms with Gasteiger partial charge in [-0.05, 0) is 109 Å². The molecule has 0 bridgehead atoms. The van der Waals surface area contributed by atoms with Gasteiger partial charge in [0.1, 0.15) is 0 Å². The van der Waals surface area contributed by atoms with E-state index in [1.807, 2.05) is 0 Å². The Kier molecular flexibility index (Phi) is 7.21. The normalized spacial score (nSPS) is 12.8. The van der Waals surface area contributed by atoms with Crippen LogP contribution in [-0.2, 0) is 5.41 Å². The summed E-state index contributed by atoms with van der Waals surface area (Å²) < 4.78 is 0. The van der Waals surface area contributed by atoms with E-state index in [0.717, 1.165) is 17.1 Å². The Bertz CT molecular complexity index is 2510. The number of benzene rings is 8. The SMILES string of the molecule is CC1(C)c2ccccc2-c2cccc(-c3ccc(N(c4cccc(-c5ccccc5)c4)c4cccc(-c5ccc6ccccc6c5)c4)cc3)c21. The second kappa shape index (κ2) is 12.1. The molecular weight excluding hydrogens is 603 g/mol. The Balaban J connectivity index is 1.16. The highest BCUT2D eigenvalue weighted by molar-refractivity contribution is 5.90. The smallest absolute Gasteiger partial charge is 0.0467 e. The van der Waals surface area contributed by atoms with Crippen molar-refractivity contribution in [1.82, 2.24) is 0 Å². The van der Waals surface area contributed by atoms with Crippen LogP contribution < -0.4 is 4.90 Å². The van der Waals surface area contributed by atoms with Crippen molar-refractivity contribution in [3.05, 3.63) is 199 Å². The van der Waals surface area contributed by atoms with Crippen molar-refractivity contribution in [1.29, 1.82) is 0 Å². The number of hydrogen-bond donors (Lipinski definition) is 0. The largest absolute Gasteiger partial charge is 0.310 e. The molecule has 8 aromatic rings. The second-order valence-corrected chi connectivity index (χ2v) is 13.8. The first kappa shape index (κ1) is 29.9. The molecule has 0 amide bonds. The summed E-state index contributed by atoms with van der Waals surface area (Å²) in [7, 11) is 0. The first-order valence-electron chi connectivity index (χ1n) is 17.4. The van der Waals surface area contributed by atoms with Crippen LogP contribution in [0.4, 0.5) is 17.1 Å². The summed E-state index contributed by atoms with van der Waals surface area (Å²) in [6.07, 6.45) is 0. The third kappa shape index (κ3) is 5.11. The Morgan fingerprint density at radius 2 is 0.880 bits per heavy atom. The summed E-state index contributed by atoms with van der Waals surface area (Å²) in [5.74, 6) is 0. The maximum absolute atomic E-state index is 2.38. The molecule has 0 radical (unpaired) electrons. The lowest BCUT2D eigenvalue weighted by Gasteiger charge is -2.27. The Labute approximate surface area is 294 Å². The molecule has 0 spiro atoms. The molecule has 0 unspecified atom stereocenters. The topological polar surface area (TPSA) is 3.24 Å². The Hall–Kier alpha value is -6.18. The third-order valence-electron chi connectivity index (χ3n) is 10.4. The van der Waals surface area contributed by atoms with Crippen molar-refractivity contribution >= 4 is 27.8 Å². The van der Waals surface area contributed by atoms with Gasteiger partial charge in [0.05, 0.1) is 0 Å². The predicted octanol–water partition coefficient (Wildman–Crippen LogP) is 13.6. The highest BCUT2D eigenvalue weighted by Gasteiger charge is 2.37. The van der Waals surface area contributed by atoms with Gasteiger partial charge < -0.3 is 4.90 Å². The molecule has 0 fully saturated rings. The average molecular weight is 640 g/mol. The van der Waals surface area contributed by atoms with Gasteiger partial charge in [-0.15, -0.1) is 0 Å². The zero-order chi connectivity index (χ0) is 33.7. The number of anilines is 3. The molecule has 0 N–H and O–H groups in total. The van der Waals surface area contributed by atoms with E-state index in [1.54, 1.807) is 0 Å². The molecule has 238 valence electrons. The second-order valence-electron chi connectivity index (χ2n) is 13.8. The van der Waals surface area contributed by atoms with Crippen LogP contribution in [0.5, 0.6) is 0 Å². The quantitative estimate of drug-likeness (QED) is 0.175. The molecule has 0 atom stereocenters. The molecule has 0 saturated heterocycles. The van der Waals surface area contributed by atoms with Crippen molar-refractivity contribution in [2.75, 3.05) is 4.90 Å². The van der Waals surface area contributed by atoms with E-state index in [0.29, 0.717) is 0 Å². The number of rotatable bonds is 6. The summed E-state index contributed by atoms with van der Waals surface area (Å²) in [6.45, 7) is 4.72. The molecule has 1 nitrogen and oxygen atoms in total. The van der Waals surface area contributed by atoms with Crippen LogP contribution in [0.1, 0.15) is 25.0 Å². The van der Waals surface area contributed by atoms with E-state index in [1.165, 1.54) is 66.4 Å². The molecule has 0 aromatic heterocycles. The summed E-state index contributed by atoms with van der Waals surface area (Å²) in [6, 6.07) is 68.5. The Morgan fingerprint density at radius 1 is 0.340 bits per heavy atom. The first-order chi connectivity index (χ1) is 24.5. The zero-order valence-electron chi connectivity index (χ0n) is 28.3. The highest BCUT2D eigenvalue weighted by Crippen LogP contribution is 2.52. The monoisotopic (exact) mass is 639 g/mol. The van der Waals surface area contributed by atoms with Crippen LogP contribution in [-0.4, -0.2) is 0 Å². The number of fused-ring (bicyclic) bond motifs is 4. The molecule has 1 aliphatic carbocycles. The van der Waals surface area contributed by atoms with Gasteiger partial charge in [0.15, 0.2) is 0 Å². The van der Waals surface area contributed by atoms with Crippen LogP contribution in [0.2, 0.25) is 0 Å². The summed E-state index contributed by atoms with van der Waals surface area (Å²) in [4.78, 5) is 2.38. The molecular formula is C49H37N. The van der Waals surface area contributed by atoms with E-state index >= 15 is 0 Å². The Morgan fingerprint density at radius 3 is 1.64 bits per heavy atom. The lowest BCUT2D eigenvalue weighted by Crippen LogP contribution is -2.16. The summed E-state index contributed by atoms with van der Waals surface area (Å²) in [5, 5.41) is 2.50. The van der Waals surface area contributed by atoms with Crippen LogP contribution >= 0.6 is 0 Å². The van der Waals surface area contributed by atoms with E-state index in [2.05, 4.69) is 207 Å². The van der Waals surface area contributed by atoms with Gasteiger partial charge in [-0.2, -0.15) is 0 Å². The van der Waals surface area contributed by atoms with Gasteiger partial charge in [-0.25, -0.2) is 0 Å². The fourth-order valence-electron chi connectivity index (χ4n) is 7.97. The maximum Gasteiger partial charge on any atom is 0.0467 e. The van der Waals surface area contributed by atoms with Crippen molar-refractivity contribution in [2.24, 2.45) is 0 Å². The van der Waals surface area contributed by atoms with Crippen molar-refractivity contribution in [2.45, 2.75) is 19.3 Å². The van der Waals surface area contributed by atoms with Crippen molar-refractivity contribution in [3.63, 3.8) is 0 Å². The minimum atomic E-state index is -0.0751. The van der Waals surface area contributed by atoms with Gasteiger partial charge in [0, 0.05) is 22.5 Å². The van der Waals surface area contributed by atoms with E-state index in [4.69, 9.17) is 0 Å². The predicted molar refractivity (Wildman–Crippen MR) is 213 cm³/mol. The molecule has 9 rings (SSSR count). The van der Waals surface area contributed by atoms with Gasteiger partial charge in [0.2, 0.25) is 0 Å². The number of hydrogen-bond acceptors (Lipinski definition) is 1. The zero-order valence-corrected chi connectivity index (χ0v) is 28.3. The van der Waals surface area contributed by atoms with Crippen LogP contribution in [0, 0.1) is 0 Å². The first-order valence-corrected chi connectivity index (χ1v) is 17.4. The van der Waals surface area contributed by atoms with Gasteiger partial charge in [-0.3, -0.25) is 0 Å². The van der Waals surface area contributed by atoms with Crippen molar-refractivity contribution in [3.8, 4) is 44.5 Å². The fraction of sp³-hybridized carbons (Fsp3) is 0.0612. The fourth-order valence-corrected chi connectivity index (χ4v) is 7.97. The molecule has 8 aromatic carbocycles. The average Bonchev–Trinajstić information content (AvgIpc) is 3.42. The lowest BCUT2D eigenvalue weighted by molar-refractivity contribution is 0.662. The molecule has 1 heteroatoms. The van der Waals surface area contributed by atoms with E-state index < -0.39 is 0 Å². The molecule has 0 aliphatic heterocycles. The minimum absolute atomic E-state index is 0.0751. The van der Waals surface area contributed by atoms with Gasteiger partial charge >= 0.3 is 0 Å². The standard InChI is InChI=1S/C49H37N/c1-49(2)47-24-9-8-21-45(47)46-23-12-22-44(48(46)49)36-27-29-41(30-28-36)50(42-19-10-17-38(32-42)34-13-4-3-5-14-34)43-20-11-18-39(33-43)40-26-25-35-15-6-7-16-37(35)31-40/h3-33H,1-2H3. The summed E-state index contributed by atoms with van der Waals surface area (Å²) >= 11 is 0. The van der Waals surface area contributed by atoms with Crippen LogP contribution in [0.25, 0.3) is 55.3 Å². The number of nitrogens with zero attached hydrogens (tertiary/aromatic N) is 1. The molecule has 1 aliphatic rings. The van der Waals surface area contributed by atoms with Crippen molar-refractivity contribution < 1.29 is 0 Å². The molecule has 0 heterocycles. The minimum Gasteiger partial charge on any atom is -0.310 e. The highest BCUT2D eigenvalue weighted by atomic mass is 15.1. The van der Waals surface area contributed by atoms with Crippen LogP contribution in [0.3, 0.4) is 0 Å². The third-order valence-corrected chi connectivity index (χ3v) is 10.4. The lowest BCUT2D eigenvalue weighted by atomic mass is 9.79. The summed E-state index contributed by atoms with van der Waals surface area (Å²) in [5.41, 5.74) is 16.1. The molecule has 0 saturated carbocycles. The van der Waals surface area contributed by atoms with Gasteiger partial charge in [0.25, 0.3) is 0 Å².